The minimum atomic E-state index is -0.553. The number of aliphatic hydroxyl groups is 1. The van der Waals surface area contributed by atoms with Gasteiger partial charge in [0.2, 0.25) is 0 Å². The Bertz CT molecular complexity index is 527. The first-order valence-electron chi connectivity index (χ1n) is 8.77. The fourth-order valence-corrected chi connectivity index (χ4v) is 3.88. The van der Waals surface area contributed by atoms with E-state index in [0.29, 0.717) is 18.5 Å². The molecule has 1 aromatic heterocycles. The molecule has 24 heavy (non-hydrogen) atoms. The summed E-state index contributed by atoms with van der Waals surface area (Å²) < 4.78 is 2.20. The van der Waals surface area contributed by atoms with Crippen molar-refractivity contribution in [2.45, 2.75) is 50.7 Å². The lowest BCUT2D eigenvalue weighted by Crippen LogP contribution is -2.52. The number of nitrogens with one attached hydrogen (secondary N) is 1. The van der Waals surface area contributed by atoms with Gasteiger partial charge in [0, 0.05) is 39.1 Å². The minimum absolute atomic E-state index is 0. The number of nitrogens with zero attached hydrogens (tertiary/aromatic N) is 4. The summed E-state index contributed by atoms with van der Waals surface area (Å²) in [6.45, 7) is 4.83. The van der Waals surface area contributed by atoms with Crippen molar-refractivity contribution < 1.29 is 5.11 Å². The first-order chi connectivity index (χ1) is 11.1. The first kappa shape index (κ1) is 19.5. The number of likely N-dealkylation sites (tertiary alicyclic amines) is 1. The second-order valence-electron chi connectivity index (χ2n) is 7.12. The zero-order valence-electron chi connectivity index (χ0n) is 14.7. The summed E-state index contributed by atoms with van der Waals surface area (Å²) >= 11 is 0. The molecule has 2 atom stereocenters. The van der Waals surface area contributed by atoms with E-state index in [4.69, 9.17) is 0 Å². The van der Waals surface area contributed by atoms with Crippen LogP contribution in [0.3, 0.4) is 0 Å². The lowest BCUT2D eigenvalue weighted by atomic mass is 9.93. The standard InChI is InChI=1S/C17H29N5O.HI/c1-14-5-9-21(11-15(14)22-10-8-19-13-22)16(18-2)20-12-17(23)6-3-4-7-17;/h8,10,13-15,23H,3-7,9,11-12H2,1-2H3,(H,18,20);1H. The Labute approximate surface area is 161 Å². The van der Waals surface area contributed by atoms with Crippen molar-refractivity contribution >= 4 is 29.9 Å². The zero-order valence-corrected chi connectivity index (χ0v) is 17.0. The van der Waals surface area contributed by atoms with Gasteiger partial charge < -0.3 is 19.9 Å². The number of rotatable bonds is 3. The highest BCUT2D eigenvalue weighted by atomic mass is 127. The lowest BCUT2D eigenvalue weighted by Gasteiger charge is -2.39. The smallest absolute Gasteiger partial charge is 0.193 e. The van der Waals surface area contributed by atoms with Gasteiger partial charge in [-0.3, -0.25) is 4.99 Å². The fourth-order valence-electron chi connectivity index (χ4n) is 3.88. The van der Waals surface area contributed by atoms with Crippen LogP contribution in [-0.2, 0) is 0 Å². The Morgan fingerprint density at radius 2 is 2.17 bits per heavy atom. The summed E-state index contributed by atoms with van der Waals surface area (Å²) in [6.07, 6.45) is 11.0. The third kappa shape index (κ3) is 4.41. The molecule has 1 aliphatic carbocycles. The average Bonchev–Trinajstić information content (AvgIpc) is 3.21. The molecule has 7 heteroatoms. The SMILES string of the molecule is CN=C(NCC1(O)CCCC1)N1CCC(C)C(n2ccnc2)C1.I. The van der Waals surface area contributed by atoms with E-state index in [9.17, 15) is 5.11 Å². The Kier molecular flexibility index (Phi) is 6.91. The molecule has 2 aliphatic rings. The van der Waals surface area contributed by atoms with Crippen LogP contribution in [0.2, 0.25) is 0 Å². The predicted molar refractivity (Wildman–Crippen MR) is 107 cm³/mol. The van der Waals surface area contributed by atoms with Crippen LogP contribution in [0.4, 0.5) is 0 Å². The molecule has 2 fully saturated rings. The molecule has 1 saturated heterocycles. The van der Waals surface area contributed by atoms with Gasteiger partial charge in [0.05, 0.1) is 18.0 Å². The van der Waals surface area contributed by atoms with E-state index >= 15 is 0 Å². The van der Waals surface area contributed by atoms with Crippen LogP contribution >= 0.6 is 24.0 Å². The highest BCUT2D eigenvalue weighted by molar-refractivity contribution is 14.0. The summed E-state index contributed by atoms with van der Waals surface area (Å²) in [5, 5.41) is 13.9. The Morgan fingerprint density at radius 1 is 1.42 bits per heavy atom. The topological polar surface area (TPSA) is 65.7 Å². The van der Waals surface area contributed by atoms with Gasteiger partial charge in [0.1, 0.15) is 0 Å². The monoisotopic (exact) mass is 447 g/mol. The van der Waals surface area contributed by atoms with Crippen molar-refractivity contribution in [3.8, 4) is 0 Å². The van der Waals surface area contributed by atoms with Crippen LogP contribution in [0.15, 0.2) is 23.7 Å². The second-order valence-corrected chi connectivity index (χ2v) is 7.12. The number of imidazole rings is 1. The van der Waals surface area contributed by atoms with Crippen molar-refractivity contribution in [3.63, 3.8) is 0 Å². The quantitative estimate of drug-likeness (QED) is 0.424. The molecule has 1 aliphatic heterocycles. The van der Waals surface area contributed by atoms with E-state index in [0.717, 1.165) is 51.2 Å². The number of guanidine groups is 1. The number of piperidine rings is 1. The molecule has 0 radical (unpaired) electrons. The molecular weight excluding hydrogens is 417 g/mol. The number of aromatic nitrogens is 2. The van der Waals surface area contributed by atoms with Gasteiger partial charge in [-0.25, -0.2) is 4.98 Å². The zero-order chi connectivity index (χ0) is 16.3. The van der Waals surface area contributed by atoms with Crippen molar-refractivity contribution in [3.05, 3.63) is 18.7 Å². The van der Waals surface area contributed by atoms with Gasteiger partial charge in [-0.1, -0.05) is 19.8 Å². The molecule has 2 unspecified atom stereocenters. The van der Waals surface area contributed by atoms with Gasteiger partial charge in [0.15, 0.2) is 5.96 Å². The maximum absolute atomic E-state index is 10.5. The third-order valence-electron chi connectivity index (χ3n) is 5.45. The molecular formula is C17H30IN5O. The summed E-state index contributed by atoms with van der Waals surface area (Å²) in [5.41, 5.74) is -0.553. The highest BCUT2D eigenvalue weighted by Gasteiger charge is 2.33. The Balaban J connectivity index is 0.00000208. The number of halogens is 1. The van der Waals surface area contributed by atoms with Crippen molar-refractivity contribution in [1.82, 2.24) is 19.8 Å². The molecule has 0 aromatic carbocycles. The molecule has 2 heterocycles. The van der Waals surface area contributed by atoms with E-state index in [1.807, 2.05) is 25.8 Å². The molecule has 136 valence electrons. The minimum Gasteiger partial charge on any atom is -0.388 e. The molecule has 0 bridgehead atoms. The molecule has 1 aromatic rings. The van der Waals surface area contributed by atoms with Gasteiger partial charge in [0.25, 0.3) is 0 Å². The summed E-state index contributed by atoms with van der Waals surface area (Å²) in [6, 6.07) is 0.416. The first-order valence-corrected chi connectivity index (χ1v) is 8.77. The van der Waals surface area contributed by atoms with Crippen molar-refractivity contribution in [1.29, 1.82) is 0 Å². The molecule has 0 spiro atoms. The van der Waals surface area contributed by atoms with E-state index in [1.165, 1.54) is 0 Å². The van der Waals surface area contributed by atoms with Gasteiger partial charge in [-0.2, -0.15) is 0 Å². The van der Waals surface area contributed by atoms with E-state index in [2.05, 4.69) is 31.7 Å². The Morgan fingerprint density at radius 3 is 2.79 bits per heavy atom. The molecule has 2 N–H and O–H groups in total. The van der Waals surface area contributed by atoms with Crippen LogP contribution in [0.1, 0.15) is 45.1 Å². The molecule has 0 amide bonds. The summed E-state index contributed by atoms with van der Waals surface area (Å²) in [5.74, 6) is 1.53. The fraction of sp³-hybridized carbons (Fsp3) is 0.765. The molecule has 6 nitrogen and oxygen atoms in total. The van der Waals surface area contributed by atoms with Gasteiger partial charge >= 0.3 is 0 Å². The van der Waals surface area contributed by atoms with E-state index < -0.39 is 5.60 Å². The van der Waals surface area contributed by atoms with Crippen LogP contribution in [0.5, 0.6) is 0 Å². The highest BCUT2D eigenvalue weighted by Crippen LogP contribution is 2.29. The molecule has 3 rings (SSSR count). The molecule has 1 saturated carbocycles. The normalized spacial score (nSPS) is 27.0. The third-order valence-corrected chi connectivity index (χ3v) is 5.45. The summed E-state index contributed by atoms with van der Waals surface area (Å²) in [4.78, 5) is 10.9. The van der Waals surface area contributed by atoms with Crippen LogP contribution in [-0.4, -0.2) is 57.8 Å². The van der Waals surface area contributed by atoms with Crippen LogP contribution in [0, 0.1) is 5.92 Å². The maximum atomic E-state index is 10.5. The van der Waals surface area contributed by atoms with Crippen molar-refractivity contribution in [2.75, 3.05) is 26.7 Å². The lowest BCUT2D eigenvalue weighted by molar-refractivity contribution is 0.0510. The van der Waals surface area contributed by atoms with Crippen molar-refractivity contribution in [2.24, 2.45) is 10.9 Å². The van der Waals surface area contributed by atoms with Gasteiger partial charge in [-0.15, -0.1) is 24.0 Å². The number of hydrogen-bond acceptors (Lipinski definition) is 3. The van der Waals surface area contributed by atoms with Gasteiger partial charge in [-0.05, 0) is 25.2 Å². The van der Waals surface area contributed by atoms with E-state index in [1.54, 1.807) is 0 Å². The van der Waals surface area contributed by atoms with E-state index in [-0.39, 0.29) is 24.0 Å². The second kappa shape index (κ2) is 8.51. The average molecular weight is 447 g/mol. The number of aliphatic imine (C=N–C) groups is 1. The Hall–Kier alpha value is -0.830. The number of hydrogen-bond donors (Lipinski definition) is 2. The largest absolute Gasteiger partial charge is 0.388 e. The van der Waals surface area contributed by atoms with Crippen LogP contribution < -0.4 is 5.32 Å². The predicted octanol–water partition coefficient (Wildman–Crippen LogP) is 2.26. The maximum Gasteiger partial charge on any atom is 0.193 e. The van der Waals surface area contributed by atoms with Crippen LogP contribution in [0.25, 0.3) is 0 Å². The summed E-state index contributed by atoms with van der Waals surface area (Å²) in [7, 11) is 1.82.